The number of aliphatic carboxylic acids is 1. The van der Waals surface area contributed by atoms with Crippen LogP contribution in [0.3, 0.4) is 0 Å². The molecule has 0 amide bonds. The van der Waals surface area contributed by atoms with Gasteiger partial charge in [-0.1, -0.05) is 37.1 Å². The van der Waals surface area contributed by atoms with Crippen LogP contribution in [-0.4, -0.2) is 55.3 Å². The number of allylic oxidation sites excluding steroid dienone is 4. The van der Waals surface area contributed by atoms with E-state index in [1.807, 2.05) is 46.3 Å². The number of ether oxygens (including phenoxy) is 1. The van der Waals surface area contributed by atoms with Crippen LogP contribution in [0.2, 0.25) is 0 Å². The van der Waals surface area contributed by atoms with Crippen molar-refractivity contribution in [3.05, 3.63) is 24.3 Å². The molecule has 1 N–H and O–H groups in total. The Balaban J connectivity index is 3.93. The fourth-order valence-corrected chi connectivity index (χ4v) is 2.36. The van der Waals surface area contributed by atoms with Gasteiger partial charge in [0.2, 0.25) is 0 Å². The Kier molecular flexibility index (Phi) is 11.9. The maximum Gasteiger partial charge on any atom is 0.307 e. The van der Waals surface area contributed by atoms with Gasteiger partial charge in [0.1, 0.15) is 6.54 Å². The van der Waals surface area contributed by atoms with Crippen molar-refractivity contribution in [3.8, 4) is 0 Å². The highest BCUT2D eigenvalue weighted by Gasteiger charge is 2.24. The van der Waals surface area contributed by atoms with Gasteiger partial charge in [0, 0.05) is 6.42 Å². The Morgan fingerprint density at radius 1 is 1.08 bits per heavy atom. The number of quaternary nitrogens is 1. The maximum atomic E-state index is 11.9. The molecule has 5 heteroatoms. The Bertz CT molecular complexity index is 422. The number of rotatable bonds is 13. The number of hydrogen-bond acceptors (Lipinski definition) is 3. The van der Waals surface area contributed by atoms with Gasteiger partial charge in [-0.05, 0) is 26.2 Å². The summed E-state index contributed by atoms with van der Waals surface area (Å²) in [7, 11) is 5.86. The van der Waals surface area contributed by atoms with E-state index >= 15 is 0 Å². The van der Waals surface area contributed by atoms with E-state index in [1.165, 1.54) is 0 Å². The molecule has 24 heavy (non-hydrogen) atoms. The summed E-state index contributed by atoms with van der Waals surface area (Å²) >= 11 is 0. The lowest BCUT2D eigenvalue weighted by Crippen LogP contribution is -2.43. The van der Waals surface area contributed by atoms with Gasteiger partial charge < -0.3 is 14.3 Å². The fraction of sp³-hybridized carbons (Fsp3) is 0.684. The molecule has 0 aliphatic heterocycles. The van der Waals surface area contributed by atoms with Gasteiger partial charge in [-0.25, -0.2) is 0 Å². The van der Waals surface area contributed by atoms with Crippen LogP contribution in [-0.2, 0) is 14.3 Å². The van der Waals surface area contributed by atoms with Gasteiger partial charge in [0.25, 0.3) is 0 Å². The number of carboxylic acid groups (broad SMARTS) is 1. The van der Waals surface area contributed by atoms with Gasteiger partial charge in [-0.15, -0.1) is 0 Å². The standard InChI is InChI=1S/C19H33NO4/c1-5-6-7-8-9-10-11-12-13-14-19(23)24-17(15-18(21)22)16-20(2,3)4/h5-8,17H,9-16H2,1-4H3/p+1/b6-5+,8-7+. The Hall–Kier alpha value is -1.62. The maximum absolute atomic E-state index is 11.9. The van der Waals surface area contributed by atoms with Gasteiger partial charge in [-0.3, -0.25) is 9.59 Å². The third kappa shape index (κ3) is 15.3. The first-order chi connectivity index (χ1) is 11.2. The molecule has 0 bridgehead atoms. The molecule has 1 unspecified atom stereocenters. The highest BCUT2D eigenvalue weighted by Crippen LogP contribution is 2.10. The first kappa shape index (κ1) is 22.4. The molecule has 0 saturated heterocycles. The van der Waals surface area contributed by atoms with Crippen molar-refractivity contribution in [3.63, 3.8) is 0 Å². The summed E-state index contributed by atoms with van der Waals surface area (Å²) in [5.41, 5.74) is 0. The van der Waals surface area contributed by atoms with Gasteiger partial charge in [-0.2, -0.15) is 0 Å². The second-order valence-electron chi connectivity index (χ2n) is 7.09. The van der Waals surface area contributed by atoms with Crippen molar-refractivity contribution >= 4 is 11.9 Å². The smallest absolute Gasteiger partial charge is 0.307 e. The topological polar surface area (TPSA) is 63.6 Å². The van der Waals surface area contributed by atoms with Crippen LogP contribution in [0.4, 0.5) is 0 Å². The van der Waals surface area contributed by atoms with E-state index in [-0.39, 0.29) is 12.4 Å². The molecule has 0 aliphatic rings. The first-order valence-electron chi connectivity index (χ1n) is 8.74. The van der Waals surface area contributed by atoms with Crippen LogP contribution in [0.25, 0.3) is 0 Å². The number of carbonyl (C=O) groups is 2. The molecular formula is C19H34NO4+. The lowest BCUT2D eigenvalue weighted by Gasteiger charge is -2.28. The third-order valence-electron chi connectivity index (χ3n) is 3.39. The van der Waals surface area contributed by atoms with E-state index < -0.39 is 12.1 Å². The van der Waals surface area contributed by atoms with Crippen LogP contribution in [0, 0.1) is 0 Å². The Morgan fingerprint density at radius 2 is 1.75 bits per heavy atom. The Labute approximate surface area is 146 Å². The van der Waals surface area contributed by atoms with Crippen LogP contribution in [0.5, 0.6) is 0 Å². The summed E-state index contributed by atoms with van der Waals surface area (Å²) in [6, 6.07) is 0. The number of unbranched alkanes of at least 4 members (excludes halogenated alkanes) is 4. The molecule has 1 atom stereocenters. The van der Waals surface area contributed by atoms with Gasteiger partial charge in [0.15, 0.2) is 6.10 Å². The molecular weight excluding hydrogens is 306 g/mol. The zero-order chi connectivity index (χ0) is 18.4. The van der Waals surface area contributed by atoms with Crippen molar-refractivity contribution in [2.45, 2.75) is 58.0 Å². The molecule has 0 spiro atoms. The van der Waals surface area contributed by atoms with Crippen molar-refractivity contribution in [1.82, 2.24) is 0 Å². The first-order valence-corrected chi connectivity index (χ1v) is 8.74. The van der Waals surface area contributed by atoms with Gasteiger partial charge in [0.05, 0.1) is 27.6 Å². The highest BCUT2D eigenvalue weighted by atomic mass is 16.5. The molecule has 0 rings (SSSR count). The third-order valence-corrected chi connectivity index (χ3v) is 3.39. The van der Waals surface area contributed by atoms with E-state index in [9.17, 15) is 9.59 Å². The van der Waals surface area contributed by atoms with Crippen LogP contribution < -0.4 is 0 Å². The summed E-state index contributed by atoms with van der Waals surface area (Å²) in [6.45, 7) is 2.49. The van der Waals surface area contributed by atoms with E-state index in [0.29, 0.717) is 17.4 Å². The van der Waals surface area contributed by atoms with Crippen molar-refractivity contribution < 1.29 is 23.9 Å². The fourth-order valence-electron chi connectivity index (χ4n) is 2.36. The van der Waals surface area contributed by atoms with E-state index in [0.717, 1.165) is 32.1 Å². The van der Waals surface area contributed by atoms with Gasteiger partial charge >= 0.3 is 11.9 Å². The van der Waals surface area contributed by atoms with Crippen molar-refractivity contribution in [1.29, 1.82) is 0 Å². The average Bonchev–Trinajstić information content (AvgIpc) is 2.42. The number of carbonyl (C=O) groups excluding carboxylic acids is 1. The highest BCUT2D eigenvalue weighted by molar-refractivity contribution is 5.71. The zero-order valence-electron chi connectivity index (χ0n) is 15.7. The molecule has 0 aromatic carbocycles. The molecule has 0 radical (unpaired) electrons. The molecule has 0 aromatic rings. The minimum absolute atomic E-state index is 0.139. The summed E-state index contributed by atoms with van der Waals surface area (Å²) in [5, 5.41) is 8.94. The SMILES string of the molecule is C/C=C/C=C/CCCCCCC(=O)OC(CC(=O)O)C[N+](C)(C)C. The van der Waals surface area contributed by atoms with E-state index in [1.54, 1.807) is 0 Å². The quantitative estimate of drug-likeness (QED) is 0.241. The number of hydrogen-bond donors (Lipinski definition) is 1. The molecule has 0 fully saturated rings. The lowest BCUT2D eigenvalue weighted by molar-refractivity contribution is -0.873. The summed E-state index contributed by atoms with van der Waals surface area (Å²) in [6.07, 6.45) is 12.9. The number of nitrogens with zero attached hydrogens (tertiary/aromatic N) is 1. The lowest BCUT2D eigenvalue weighted by atomic mass is 10.1. The zero-order valence-corrected chi connectivity index (χ0v) is 15.7. The Morgan fingerprint density at radius 3 is 2.33 bits per heavy atom. The second-order valence-corrected chi connectivity index (χ2v) is 7.09. The monoisotopic (exact) mass is 340 g/mol. The largest absolute Gasteiger partial charge is 0.481 e. The van der Waals surface area contributed by atoms with Crippen LogP contribution in [0.1, 0.15) is 51.9 Å². The second kappa shape index (κ2) is 12.8. The van der Waals surface area contributed by atoms with E-state index in [2.05, 4.69) is 6.08 Å². The molecule has 0 aromatic heterocycles. The van der Waals surface area contributed by atoms with Crippen LogP contribution in [0.15, 0.2) is 24.3 Å². The molecule has 0 aliphatic carbocycles. The average molecular weight is 340 g/mol. The van der Waals surface area contributed by atoms with Crippen molar-refractivity contribution in [2.75, 3.05) is 27.7 Å². The van der Waals surface area contributed by atoms with Crippen LogP contribution >= 0.6 is 0 Å². The molecule has 0 saturated carbocycles. The van der Waals surface area contributed by atoms with E-state index in [4.69, 9.17) is 9.84 Å². The molecule has 5 nitrogen and oxygen atoms in total. The van der Waals surface area contributed by atoms with Crippen molar-refractivity contribution in [2.24, 2.45) is 0 Å². The summed E-state index contributed by atoms with van der Waals surface area (Å²) < 4.78 is 5.92. The normalized spacial score (nSPS) is 13.5. The number of esters is 1. The summed E-state index contributed by atoms with van der Waals surface area (Å²) in [5.74, 6) is -1.23. The predicted molar refractivity (Wildman–Crippen MR) is 96.7 cm³/mol. The minimum Gasteiger partial charge on any atom is -0.481 e. The predicted octanol–water partition coefficient (Wildman–Crippen LogP) is 3.55. The minimum atomic E-state index is -0.938. The molecule has 138 valence electrons. The number of likely N-dealkylation sites (N-methyl/N-ethyl adjacent to an activating group) is 1. The summed E-state index contributed by atoms with van der Waals surface area (Å²) in [4.78, 5) is 22.8. The number of carboxylic acids is 1. The molecule has 0 heterocycles.